The van der Waals surface area contributed by atoms with Gasteiger partial charge in [-0.2, -0.15) is 10.5 Å². The standard InChI is InChI=1S/C18H17ClN4O2S/c1-10(15(24)22-12-6-4-11(19)5-7-12)26-17-14(9-21)18(2,3)13(8-20)16(25)23-17/h4-7,10,13H,1-3H3,(H,22,24)(H,23,25)/t10-,13-/m0/s1. The Morgan fingerprint density at radius 2 is 1.96 bits per heavy atom. The van der Waals surface area contributed by atoms with Crippen molar-refractivity contribution in [1.29, 1.82) is 10.5 Å². The molecule has 26 heavy (non-hydrogen) atoms. The fourth-order valence-corrected chi connectivity index (χ4v) is 3.75. The molecule has 1 aromatic rings. The van der Waals surface area contributed by atoms with Crippen molar-refractivity contribution in [3.63, 3.8) is 0 Å². The lowest BCUT2D eigenvalue weighted by Crippen LogP contribution is -2.45. The van der Waals surface area contributed by atoms with Crippen molar-refractivity contribution in [2.45, 2.75) is 26.0 Å². The molecule has 1 heterocycles. The molecule has 0 saturated heterocycles. The van der Waals surface area contributed by atoms with E-state index in [1.165, 1.54) is 0 Å². The summed E-state index contributed by atoms with van der Waals surface area (Å²) in [4.78, 5) is 24.6. The fourth-order valence-electron chi connectivity index (χ4n) is 2.52. The molecule has 8 heteroatoms. The highest BCUT2D eigenvalue weighted by Gasteiger charge is 2.45. The number of amides is 2. The first-order chi connectivity index (χ1) is 12.2. The van der Waals surface area contributed by atoms with Crippen LogP contribution < -0.4 is 10.6 Å². The smallest absolute Gasteiger partial charge is 0.243 e. The van der Waals surface area contributed by atoms with E-state index in [9.17, 15) is 20.1 Å². The Morgan fingerprint density at radius 1 is 1.35 bits per heavy atom. The maximum absolute atomic E-state index is 12.4. The van der Waals surface area contributed by atoms with Crippen LogP contribution in [0.25, 0.3) is 0 Å². The Hall–Kier alpha value is -2.48. The molecule has 1 aromatic carbocycles. The average Bonchev–Trinajstić information content (AvgIpc) is 2.56. The summed E-state index contributed by atoms with van der Waals surface area (Å²) in [5.41, 5.74) is -0.0423. The van der Waals surface area contributed by atoms with Crippen molar-refractivity contribution in [1.82, 2.24) is 5.32 Å². The van der Waals surface area contributed by atoms with E-state index < -0.39 is 22.5 Å². The van der Waals surface area contributed by atoms with Gasteiger partial charge in [0.25, 0.3) is 0 Å². The van der Waals surface area contributed by atoms with E-state index in [0.717, 1.165) is 11.8 Å². The number of rotatable bonds is 4. The summed E-state index contributed by atoms with van der Waals surface area (Å²) in [7, 11) is 0. The lowest BCUT2D eigenvalue weighted by atomic mass is 9.72. The Balaban J connectivity index is 2.20. The van der Waals surface area contributed by atoms with Crippen LogP contribution in [0.5, 0.6) is 0 Å². The van der Waals surface area contributed by atoms with E-state index >= 15 is 0 Å². The molecule has 134 valence electrons. The molecule has 0 saturated carbocycles. The van der Waals surface area contributed by atoms with Crippen LogP contribution in [-0.2, 0) is 9.59 Å². The van der Waals surface area contributed by atoms with Gasteiger partial charge in [0.05, 0.1) is 28.0 Å². The van der Waals surface area contributed by atoms with Crippen LogP contribution in [0.15, 0.2) is 34.9 Å². The minimum Gasteiger partial charge on any atom is -0.325 e. The fraction of sp³-hybridized carbons (Fsp3) is 0.333. The lowest BCUT2D eigenvalue weighted by Gasteiger charge is -2.35. The average molecular weight is 389 g/mol. The van der Waals surface area contributed by atoms with Gasteiger partial charge < -0.3 is 10.6 Å². The molecule has 0 radical (unpaired) electrons. The molecule has 6 nitrogen and oxygen atoms in total. The third-order valence-electron chi connectivity index (χ3n) is 4.11. The van der Waals surface area contributed by atoms with Gasteiger partial charge in [-0.15, -0.1) is 0 Å². The highest BCUT2D eigenvalue weighted by atomic mass is 35.5. The van der Waals surface area contributed by atoms with E-state index in [0.29, 0.717) is 21.3 Å². The summed E-state index contributed by atoms with van der Waals surface area (Å²) in [6.07, 6.45) is 0. The molecule has 0 aromatic heterocycles. The number of hydrogen-bond donors (Lipinski definition) is 2. The second kappa shape index (κ2) is 7.82. The van der Waals surface area contributed by atoms with Crippen molar-refractivity contribution in [3.8, 4) is 12.1 Å². The minimum absolute atomic E-state index is 0.281. The van der Waals surface area contributed by atoms with Gasteiger partial charge in [-0.05, 0) is 31.2 Å². The topological polar surface area (TPSA) is 106 Å². The van der Waals surface area contributed by atoms with E-state index in [1.807, 2.05) is 6.07 Å². The predicted molar refractivity (Wildman–Crippen MR) is 101 cm³/mol. The maximum Gasteiger partial charge on any atom is 0.243 e. The SMILES string of the molecule is C[C@H](SC1=C(C#N)C(C)(C)[C@@H](C#N)C(=O)N1)C(=O)Nc1ccc(Cl)cc1. The summed E-state index contributed by atoms with van der Waals surface area (Å²) < 4.78 is 0. The van der Waals surface area contributed by atoms with Gasteiger partial charge in [-0.1, -0.05) is 37.2 Å². The lowest BCUT2D eigenvalue weighted by molar-refractivity contribution is -0.125. The summed E-state index contributed by atoms with van der Waals surface area (Å²) in [5.74, 6) is -1.71. The van der Waals surface area contributed by atoms with Crippen molar-refractivity contribution < 1.29 is 9.59 Å². The van der Waals surface area contributed by atoms with Crippen LogP contribution >= 0.6 is 23.4 Å². The highest BCUT2D eigenvalue weighted by Crippen LogP contribution is 2.42. The normalized spacial score (nSPS) is 19.8. The third-order valence-corrected chi connectivity index (χ3v) is 5.47. The molecule has 0 aliphatic carbocycles. The Kier molecular flexibility index (Phi) is 5.97. The molecule has 0 bridgehead atoms. The molecule has 0 unspecified atom stereocenters. The number of nitriles is 2. The summed E-state index contributed by atoms with van der Waals surface area (Å²) in [6, 6.07) is 10.7. The zero-order valence-corrected chi connectivity index (χ0v) is 16.0. The molecule has 2 amide bonds. The summed E-state index contributed by atoms with van der Waals surface area (Å²) in [6.45, 7) is 5.03. The largest absolute Gasteiger partial charge is 0.325 e. The Bertz CT molecular complexity index is 849. The number of hydrogen-bond acceptors (Lipinski definition) is 5. The number of thioether (sulfide) groups is 1. The molecule has 2 rings (SSSR count). The van der Waals surface area contributed by atoms with Crippen molar-refractivity contribution in [2.75, 3.05) is 5.32 Å². The van der Waals surface area contributed by atoms with Crippen LogP contribution in [-0.4, -0.2) is 17.1 Å². The molecule has 1 aliphatic rings. The van der Waals surface area contributed by atoms with E-state index in [4.69, 9.17) is 11.6 Å². The number of anilines is 1. The molecular weight excluding hydrogens is 372 g/mol. The van der Waals surface area contributed by atoms with Crippen molar-refractivity contribution in [2.24, 2.45) is 11.3 Å². The van der Waals surface area contributed by atoms with Gasteiger partial charge in [-0.3, -0.25) is 9.59 Å². The third kappa shape index (κ3) is 4.01. The number of benzene rings is 1. The number of carbonyl (C=O) groups is 2. The molecule has 2 atom stereocenters. The van der Waals surface area contributed by atoms with E-state index in [-0.39, 0.29) is 5.91 Å². The monoisotopic (exact) mass is 388 g/mol. The second-order valence-corrected chi connectivity index (χ2v) is 8.13. The number of nitrogens with zero attached hydrogens (tertiary/aromatic N) is 2. The Labute approximate surface area is 161 Å². The minimum atomic E-state index is -0.959. The summed E-state index contributed by atoms with van der Waals surface area (Å²) in [5, 5.41) is 24.4. The van der Waals surface area contributed by atoms with Crippen LogP contribution in [0.1, 0.15) is 20.8 Å². The van der Waals surface area contributed by atoms with Crippen LogP contribution in [0.4, 0.5) is 5.69 Å². The second-order valence-electron chi connectivity index (χ2n) is 6.35. The molecule has 0 spiro atoms. The van der Waals surface area contributed by atoms with Gasteiger partial charge in [-0.25, -0.2) is 0 Å². The van der Waals surface area contributed by atoms with Gasteiger partial charge >= 0.3 is 0 Å². The number of nitrogens with one attached hydrogen (secondary N) is 2. The quantitative estimate of drug-likeness (QED) is 0.821. The highest BCUT2D eigenvalue weighted by molar-refractivity contribution is 8.04. The molecule has 1 aliphatic heterocycles. The van der Waals surface area contributed by atoms with Crippen LogP contribution in [0.2, 0.25) is 5.02 Å². The van der Waals surface area contributed by atoms with Crippen LogP contribution in [0.3, 0.4) is 0 Å². The first kappa shape index (κ1) is 19.8. The number of carbonyl (C=O) groups excluding carboxylic acids is 2. The molecule has 2 N–H and O–H groups in total. The van der Waals surface area contributed by atoms with Crippen molar-refractivity contribution >= 4 is 40.9 Å². The van der Waals surface area contributed by atoms with E-state index in [1.54, 1.807) is 45.0 Å². The number of allylic oxidation sites excluding steroid dienone is 1. The maximum atomic E-state index is 12.4. The summed E-state index contributed by atoms with van der Waals surface area (Å²) >= 11 is 6.90. The zero-order valence-electron chi connectivity index (χ0n) is 14.5. The number of halogens is 1. The van der Waals surface area contributed by atoms with Crippen LogP contribution in [0, 0.1) is 34.0 Å². The van der Waals surface area contributed by atoms with Crippen molar-refractivity contribution in [3.05, 3.63) is 39.9 Å². The van der Waals surface area contributed by atoms with E-state index in [2.05, 4.69) is 16.7 Å². The van der Waals surface area contributed by atoms with Gasteiger partial charge in [0.2, 0.25) is 11.8 Å². The predicted octanol–water partition coefficient (Wildman–Crippen LogP) is 3.43. The first-order valence-corrected chi connectivity index (χ1v) is 9.05. The van der Waals surface area contributed by atoms with Gasteiger partial charge in [0.15, 0.2) is 0 Å². The van der Waals surface area contributed by atoms with Gasteiger partial charge in [0.1, 0.15) is 5.92 Å². The first-order valence-electron chi connectivity index (χ1n) is 7.79. The Morgan fingerprint density at radius 3 is 2.50 bits per heavy atom. The molecule has 0 fully saturated rings. The zero-order chi connectivity index (χ0) is 19.5. The molecular formula is C18H17ClN4O2S. The van der Waals surface area contributed by atoms with Gasteiger partial charge in [0, 0.05) is 16.1 Å².